The maximum absolute atomic E-state index is 12.7. The van der Waals surface area contributed by atoms with Crippen molar-refractivity contribution in [3.63, 3.8) is 0 Å². The number of aromatic nitrogens is 1. The van der Waals surface area contributed by atoms with Crippen LogP contribution in [-0.4, -0.2) is 36.2 Å². The number of anilines is 2. The summed E-state index contributed by atoms with van der Waals surface area (Å²) in [6, 6.07) is 5.95. The lowest BCUT2D eigenvalue weighted by atomic mass is 10.1. The molecule has 2 rings (SSSR count). The maximum Gasteiger partial charge on any atom is 0.426 e. The predicted octanol–water partition coefficient (Wildman–Crippen LogP) is 2.79. The molecule has 1 amide bonds. The highest BCUT2D eigenvalue weighted by atomic mass is 35.5. The first-order valence-corrected chi connectivity index (χ1v) is 9.03. The van der Waals surface area contributed by atoms with Crippen molar-refractivity contribution < 1.29 is 31.5 Å². The quantitative estimate of drug-likeness (QED) is 0.685. The van der Waals surface area contributed by atoms with Crippen LogP contribution in [0.25, 0.3) is 0 Å². The molecule has 146 valence electrons. The number of carbonyl (C=O) groups excluding carboxylic acids is 1. The summed E-state index contributed by atoms with van der Waals surface area (Å²) in [5, 5.41) is 10.8. The molecule has 1 aromatic heterocycles. The number of rotatable bonds is 5. The molecule has 1 aromatic carbocycles. The monoisotopic (exact) mass is 423 g/mol. The standard InChI is InChI=1S/C15H13ClF3N3O4S/c1-14(24,15(17,18)19)13(23)21-12-5-4-10(7-11(12)16)27(25,26)22-9-3-2-6-20-8-9/h2-8,22,24H,1H3,(H,21,23)/t14-/m1/s1. The molecule has 1 atom stereocenters. The molecule has 0 fully saturated rings. The normalized spacial score (nSPS) is 14.3. The number of hydrogen-bond acceptors (Lipinski definition) is 5. The van der Waals surface area contributed by atoms with E-state index in [0.29, 0.717) is 0 Å². The minimum Gasteiger partial charge on any atom is -0.373 e. The summed E-state index contributed by atoms with van der Waals surface area (Å²) in [5.74, 6) is -1.76. The van der Waals surface area contributed by atoms with E-state index < -0.39 is 27.7 Å². The van der Waals surface area contributed by atoms with Gasteiger partial charge in [0.15, 0.2) is 0 Å². The first-order valence-electron chi connectivity index (χ1n) is 7.17. The Bertz CT molecular complexity index is 951. The lowest BCUT2D eigenvalue weighted by Gasteiger charge is -2.25. The van der Waals surface area contributed by atoms with Crippen molar-refractivity contribution in [2.45, 2.75) is 23.6 Å². The molecule has 3 N–H and O–H groups in total. The number of alkyl halides is 3. The van der Waals surface area contributed by atoms with Crippen LogP contribution in [0.5, 0.6) is 0 Å². The highest BCUT2D eigenvalue weighted by molar-refractivity contribution is 7.92. The van der Waals surface area contributed by atoms with E-state index in [4.69, 9.17) is 11.6 Å². The van der Waals surface area contributed by atoms with Gasteiger partial charge in [-0.1, -0.05) is 11.6 Å². The lowest BCUT2D eigenvalue weighted by molar-refractivity contribution is -0.242. The van der Waals surface area contributed by atoms with Crippen LogP contribution in [0, 0.1) is 0 Å². The Hall–Kier alpha value is -2.37. The number of halogens is 4. The summed E-state index contributed by atoms with van der Waals surface area (Å²) in [4.78, 5) is 15.1. The molecular weight excluding hydrogens is 411 g/mol. The summed E-state index contributed by atoms with van der Waals surface area (Å²) >= 11 is 5.86. The SMILES string of the molecule is C[C@@](O)(C(=O)Nc1ccc(S(=O)(=O)Nc2cccnc2)cc1Cl)C(F)(F)F. The average molecular weight is 424 g/mol. The van der Waals surface area contributed by atoms with Gasteiger partial charge in [0.25, 0.3) is 15.9 Å². The fourth-order valence-corrected chi connectivity index (χ4v) is 3.14. The molecule has 2 aromatic rings. The van der Waals surface area contributed by atoms with Gasteiger partial charge >= 0.3 is 6.18 Å². The average Bonchev–Trinajstić information content (AvgIpc) is 2.56. The fourth-order valence-electron chi connectivity index (χ4n) is 1.77. The first-order chi connectivity index (χ1) is 12.3. The van der Waals surface area contributed by atoms with Gasteiger partial charge in [-0.3, -0.25) is 14.5 Å². The molecule has 0 aliphatic rings. The summed E-state index contributed by atoms with van der Waals surface area (Å²) in [5.41, 5.74) is -3.76. The minimum atomic E-state index is -5.21. The number of nitrogens with one attached hydrogen (secondary N) is 2. The van der Waals surface area contributed by atoms with Crippen LogP contribution < -0.4 is 10.0 Å². The zero-order chi connectivity index (χ0) is 20.5. The molecule has 7 nitrogen and oxygen atoms in total. The number of aliphatic hydroxyl groups is 1. The van der Waals surface area contributed by atoms with E-state index in [-0.39, 0.29) is 28.2 Å². The molecule has 0 aliphatic heterocycles. The number of hydrogen-bond donors (Lipinski definition) is 3. The van der Waals surface area contributed by atoms with Crippen molar-refractivity contribution in [2.24, 2.45) is 0 Å². The zero-order valence-electron chi connectivity index (χ0n) is 13.6. The Morgan fingerprint density at radius 3 is 2.44 bits per heavy atom. The summed E-state index contributed by atoms with van der Waals surface area (Å²) in [7, 11) is -4.05. The van der Waals surface area contributed by atoms with Crippen LogP contribution >= 0.6 is 11.6 Å². The smallest absolute Gasteiger partial charge is 0.373 e. The van der Waals surface area contributed by atoms with Gasteiger partial charge in [0.1, 0.15) is 0 Å². The van der Waals surface area contributed by atoms with Gasteiger partial charge in [0, 0.05) is 6.20 Å². The Morgan fingerprint density at radius 1 is 1.26 bits per heavy atom. The van der Waals surface area contributed by atoms with E-state index in [1.54, 1.807) is 0 Å². The van der Waals surface area contributed by atoms with E-state index in [0.717, 1.165) is 18.2 Å². The highest BCUT2D eigenvalue weighted by Crippen LogP contribution is 2.32. The molecule has 0 aliphatic carbocycles. The third-order valence-electron chi connectivity index (χ3n) is 3.41. The van der Waals surface area contributed by atoms with Crippen LogP contribution in [0.2, 0.25) is 5.02 Å². The minimum absolute atomic E-state index is 0.187. The molecule has 0 saturated carbocycles. The maximum atomic E-state index is 12.7. The Morgan fingerprint density at radius 2 is 1.93 bits per heavy atom. The highest BCUT2D eigenvalue weighted by Gasteiger charge is 2.55. The number of benzene rings is 1. The number of nitrogens with zero attached hydrogens (tertiary/aromatic N) is 1. The van der Waals surface area contributed by atoms with Crippen LogP contribution in [-0.2, 0) is 14.8 Å². The molecule has 0 radical (unpaired) electrons. The molecular formula is C15H13ClF3N3O4S. The topological polar surface area (TPSA) is 108 Å². The largest absolute Gasteiger partial charge is 0.426 e. The van der Waals surface area contributed by atoms with E-state index in [1.807, 2.05) is 5.32 Å². The molecule has 0 saturated heterocycles. The van der Waals surface area contributed by atoms with E-state index >= 15 is 0 Å². The van der Waals surface area contributed by atoms with Crippen LogP contribution in [0.3, 0.4) is 0 Å². The van der Waals surface area contributed by atoms with Crippen molar-refractivity contribution >= 4 is 38.9 Å². The number of amides is 1. The molecule has 0 unspecified atom stereocenters. The molecule has 27 heavy (non-hydrogen) atoms. The number of pyridine rings is 1. The summed E-state index contributed by atoms with van der Waals surface area (Å²) < 4.78 is 64.9. The van der Waals surface area contributed by atoms with Crippen LogP contribution in [0.1, 0.15) is 6.92 Å². The summed E-state index contributed by atoms with van der Waals surface area (Å²) in [6.45, 7) is 0.285. The number of carbonyl (C=O) groups is 1. The lowest BCUT2D eigenvalue weighted by Crippen LogP contribution is -2.52. The molecule has 12 heteroatoms. The van der Waals surface area contributed by atoms with Crippen LogP contribution in [0.15, 0.2) is 47.6 Å². The predicted molar refractivity (Wildman–Crippen MR) is 91.8 cm³/mol. The van der Waals surface area contributed by atoms with Crippen molar-refractivity contribution in [3.05, 3.63) is 47.7 Å². The van der Waals surface area contributed by atoms with Crippen LogP contribution in [0.4, 0.5) is 24.5 Å². The fraction of sp³-hybridized carbons (Fsp3) is 0.200. The van der Waals surface area contributed by atoms with E-state index in [1.165, 1.54) is 24.5 Å². The Kier molecular flexibility index (Phi) is 5.68. The van der Waals surface area contributed by atoms with Gasteiger partial charge in [0.05, 0.1) is 27.5 Å². The first kappa shape index (κ1) is 20.9. The van der Waals surface area contributed by atoms with Crippen molar-refractivity contribution in [1.82, 2.24) is 4.98 Å². The van der Waals surface area contributed by atoms with Gasteiger partial charge in [0.2, 0.25) is 5.60 Å². The van der Waals surface area contributed by atoms with Gasteiger partial charge in [-0.25, -0.2) is 8.42 Å². The third-order valence-corrected chi connectivity index (χ3v) is 5.10. The second-order valence-corrected chi connectivity index (χ2v) is 7.60. The zero-order valence-corrected chi connectivity index (χ0v) is 15.2. The summed E-state index contributed by atoms with van der Waals surface area (Å²) in [6.07, 6.45) is -2.49. The Labute approximate surface area is 157 Å². The number of sulfonamides is 1. The molecule has 0 bridgehead atoms. The van der Waals surface area contributed by atoms with Gasteiger partial charge < -0.3 is 10.4 Å². The van der Waals surface area contributed by atoms with Gasteiger partial charge in [-0.05, 0) is 37.3 Å². The molecule has 1 heterocycles. The van der Waals surface area contributed by atoms with Crippen molar-refractivity contribution in [2.75, 3.05) is 10.0 Å². The van der Waals surface area contributed by atoms with Gasteiger partial charge in [-0.15, -0.1) is 0 Å². The second-order valence-electron chi connectivity index (χ2n) is 5.51. The van der Waals surface area contributed by atoms with E-state index in [9.17, 15) is 31.5 Å². The van der Waals surface area contributed by atoms with Gasteiger partial charge in [-0.2, -0.15) is 13.2 Å². The Balaban J connectivity index is 2.24. The molecule has 0 spiro atoms. The second kappa shape index (κ2) is 7.33. The van der Waals surface area contributed by atoms with E-state index in [2.05, 4.69) is 9.71 Å². The van der Waals surface area contributed by atoms with Crippen molar-refractivity contribution in [3.8, 4) is 0 Å². The third kappa shape index (κ3) is 4.67. The van der Waals surface area contributed by atoms with Crippen molar-refractivity contribution in [1.29, 1.82) is 0 Å².